The standard InChI is InChI=1S/C12H24N2O2/c1-2-10(13)7-12(16)14-8-9-5-3-4-6-11(9)15/h9-11,15H,2-8,13H2,1H3,(H,14,16). The number of amides is 1. The second kappa shape index (κ2) is 6.86. The maximum Gasteiger partial charge on any atom is 0.221 e. The van der Waals surface area contributed by atoms with Gasteiger partial charge < -0.3 is 16.2 Å². The van der Waals surface area contributed by atoms with E-state index < -0.39 is 0 Å². The molecule has 0 aromatic rings. The Hall–Kier alpha value is -0.610. The summed E-state index contributed by atoms with van der Waals surface area (Å²) in [6.07, 6.45) is 5.11. The third-order valence-electron chi connectivity index (χ3n) is 3.40. The summed E-state index contributed by atoms with van der Waals surface area (Å²) in [5, 5.41) is 12.6. The van der Waals surface area contributed by atoms with Crippen molar-refractivity contribution >= 4 is 5.91 Å². The molecule has 1 amide bonds. The fourth-order valence-corrected chi connectivity index (χ4v) is 2.13. The molecule has 0 saturated heterocycles. The molecule has 0 radical (unpaired) electrons. The normalized spacial score (nSPS) is 27.4. The van der Waals surface area contributed by atoms with Gasteiger partial charge >= 0.3 is 0 Å². The molecule has 1 aliphatic rings. The summed E-state index contributed by atoms with van der Waals surface area (Å²) in [6, 6.07) is -0.0451. The van der Waals surface area contributed by atoms with Crippen molar-refractivity contribution in [2.24, 2.45) is 11.7 Å². The molecule has 0 aliphatic heterocycles. The summed E-state index contributed by atoms with van der Waals surface area (Å²) < 4.78 is 0. The lowest BCUT2D eigenvalue weighted by Crippen LogP contribution is -2.38. The number of aliphatic hydroxyl groups excluding tert-OH is 1. The van der Waals surface area contributed by atoms with E-state index in [1.165, 1.54) is 0 Å². The zero-order chi connectivity index (χ0) is 12.0. The molecule has 1 saturated carbocycles. The Balaban J connectivity index is 2.20. The zero-order valence-corrected chi connectivity index (χ0v) is 10.1. The van der Waals surface area contributed by atoms with Gasteiger partial charge in [-0.1, -0.05) is 19.8 Å². The number of nitrogens with two attached hydrogens (primary N) is 1. The zero-order valence-electron chi connectivity index (χ0n) is 10.1. The molecule has 4 nitrogen and oxygen atoms in total. The largest absolute Gasteiger partial charge is 0.393 e. The van der Waals surface area contributed by atoms with Crippen LogP contribution in [0.5, 0.6) is 0 Å². The molecule has 4 N–H and O–H groups in total. The molecule has 1 fully saturated rings. The minimum atomic E-state index is -0.242. The highest BCUT2D eigenvalue weighted by Crippen LogP contribution is 2.23. The fraction of sp³-hybridized carbons (Fsp3) is 0.917. The Bertz CT molecular complexity index is 221. The van der Waals surface area contributed by atoms with E-state index in [-0.39, 0.29) is 24.0 Å². The van der Waals surface area contributed by atoms with Gasteiger partial charge in [0.15, 0.2) is 0 Å². The topological polar surface area (TPSA) is 75.4 Å². The molecular formula is C12H24N2O2. The molecule has 16 heavy (non-hydrogen) atoms. The first-order chi connectivity index (χ1) is 7.63. The van der Waals surface area contributed by atoms with Crippen LogP contribution in [0.25, 0.3) is 0 Å². The van der Waals surface area contributed by atoms with E-state index in [1.54, 1.807) is 0 Å². The summed E-state index contributed by atoms with van der Waals surface area (Å²) in [7, 11) is 0. The van der Waals surface area contributed by atoms with Gasteiger partial charge in [-0.3, -0.25) is 4.79 Å². The van der Waals surface area contributed by atoms with Crippen LogP contribution in [-0.4, -0.2) is 29.7 Å². The molecule has 3 unspecified atom stereocenters. The number of nitrogens with one attached hydrogen (secondary N) is 1. The molecule has 94 valence electrons. The van der Waals surface area contributed by atoms with Gasteiger partial charge in [-0.2, -0.15) is 0 Å². The smallest absolute Gasteiger partial charge is 0.221 e. The van der Waals surface area contributed by atoms with Crippen LogP contribution in [0, 0.1) is 5.92 Å². The first-order valence-corrected chi connectivity index (χ1v) is 6.33. The Kier molecular flexibility index (Phi) is 5.77. The van der Waals surface area contributed by atoms with Crippen LogP contribution in [0.4, 0.5) is 0 Å². The third-order valence-corrected chi connectivity index (χ3v) is 3.40. The van der Waals surface area contributed by atoms with Crippen molar-refractivity contribution < 1.29 is 9.90 Å². The van der Waals surface area contributed by atoms with E-state index in [2.05, 4.69) is 5.32 Å². The Morgan fingerprint density at radius 2 is 2.19 bits per heavy atom. The van der Waals surface area contributed by atoms with Crippen molar-refractivity contribution in [1.82, 2.24) is 5.32 Å². The number of aliphatic hydroxyl groups is 1. The summed E-state index contributed by atoms with van der Waals surface area (Å²) in [4.78, 5) is 11.5. The molecule has 1 rings (SSSR count). The van der Waals surface area contributed by atoms with Crippen LogP contribution < -0.4 is 11.1 Å². The molecular weight excluding hydrogens is 204 g/mol. The van der Waals surface area contributed by atoms with Gasteiger partial charge in [-0.05, 0) is 19.3 Å². The lowest BCUT2D eigenvalue weighted by Gasteiger charge is -2.27. The second-order valence-electron chi connectivity index (χ2n) is 4.79. The molecule has 0 spiro atoms. The molecule has 0 aromatic carbocycles. The molecule has 0 bridgehead atoms. The minimum Gasteiger partial charge on any atom is -0.393 e. The average Bonchev–Trinajstić information content (AvgIpc) is 2.28. The van der Waals surface area contributed by atoms with Gasteiger partial charge in [0.05, 0.1) is 6.10 Å². The van der Waals surface area contributed by atoms with Crippen molar-refractivity contribution in [1.29, 1.82) is 0 Å². The highest BCUT2D eigenvalue weighted by Gasteiger charge is 2.23. The summed E-state index contributed by atoms with van der Waals surface area (Å²) in [5.74, 6) is 0.239. The first-order valence-electron chi connectivity index (χ1n) is 6.33. The van der Waals surface area contributed by atoms with E-state index >= 15 is 0 Å². The molecule has 3 atom stereocenters. The van der Waals surface area contributed by atoms with Crippen molar-refractivity contribution in [2.75, 3.05) is 6.54 Å². The molecule has 1 aliphatic carbocycles. The van der Waals surface area contributed by atoms with E-state index in [9.17, 15) is 9.90 Å². The summed E-state index contributed by atoms with van der Waals surface area (Å²) >= 11 is 0. The van der Waals surface area contributed by atoms with Crippen molar-refractivity contribution in [3.05, 3.63) is 0 Å². The Labute approximate surface area is 97.6 Å². The highest BCUT2D eigenvalue weighted by molar-refractivity contribution is 5.76. The number of rotatable bonds is 5. The number of carbonyl (C=O) groups is 1. The van der Waals surface area contributed by atoms with Crippen molar-refractivity contribution in [3.63, 3.8) is 0 Å². The molecule has 0 aromatic heterocycles. The van der Waals surface area contributed by atoms with Crippen LogP contribution in [0.2, 0.25) is 0 Å². The predicted octanol–water partition coefficient (Wildman–Crippen LogP) is 0.781. The first kappa shape index (κ1) is 13.5. The van der Waals surface area contributed by atoms with E-state index in [1.807, 2.05) is 6.92 Å². The van der Waals surface area contributed by atoms with Gasteiger partial charge in [-0.15, -0.1) is 0 Å². The van der Waals surface area contributed by atoms with Crippen LogP contribution in [0.1, 0.15) is 45.4 Å². The third kappa shape index (κ3) is 4.49. The van der Waals surface area contributed by atoms with Crippen molar-refractivity contribution in [2.45, 2.75) is 57.6 Å². The number of hydrogen-bond donors (Lipinski definition) is 3. The number of carbonyl (C=O) groups excluding carboxylic acids is 1. The summed E-state index contributed by atoms with van der Waals surface area (Å²) in [5.41, 5.74) is 5.70. The van der Waals surface area contributed by atoms with Crippen LogP contribution >= 0.6 is 0 Å². The molecule has 0 heterocycles. The number of hydrogen-bond acceptors (Lipinski definition) is 3. The molecule has 4 heteroatoms. The highest BCUT2D eigenvalue weighted by atomic mass is 16.3. The van der Waals surface area contributed by atoms with Gasteiger partial charge in [0, 0.05) is 24.9 Å². The van der Waals surface area contributed by atoms with Gasteiger partial charge in [0.25, 0.3) is 0 Å². The Morgan fingerprint density at radius 3 is 2.81 bits per heavy atom. The van der Waals surface area contributed by atoms with E-state index in [0.29, 0.717) is 13.0 Å². The van der Waals surface area contributed by atoms with E-state index in [4.69, 9.17) is 5.73 Å². The van der Waals surface area contributed by atoms with Crippen LogP contribution in [0.15, 0.2) is 0 Å². The van der Waals surface area contributed by atoms with E-state index in [0.717, 1.165) is 32.1 Å². The lowest BCUT2D eigenvalue weighted by atomic mass is 9.86. The predicted molar refractivity (Wildman–Crippen MR) is 63.9 cm³/mol. The minimum absolute atomic E-state index is 0.00660. The average molecular weight is 228 g/mol. The van der Waals surface area contributed by atoms with Gasteiger partial charge in [0.2, 0.25) is 5.91 Å². The van der Waals surface area contributed by atoms with Crippen molar-refractivity contribution in [3.8, 4) is 0 Å². The second-order valence-corrected chi connectivity index (χ2v) is 4.79. The Morgan fingerprint density at radius 1 is 1.50 bits per heavy atom. The summed E-state index contributed by atoms with van der Waals surface area (Å²) in [6.45, 7) is 2.57. The van der Waals surface area contributed by atoms with Gasteiger partial charge in [-0.25, -0.2) is 0 Å². The lowest BCUT2D eigenvalue weighted by molar-refractivity contribution is -0.121. The van der Waals surface area contributed by atoms with Crippen LogP contribution in [0.3, 0.4) is 0 Å². The maximum absolute atomic E-state index is 11.5. The van der Waals surface area contributed by atoms with Crippen LogP contribution in [-0.2, 0) is 4.79 Å². The fourth-order valence-electron chi connectivity index (χ4n) is 2.13. The monoisotopic (exact) mass is 228 g/mol. The SMILES string of the molecule is CCC(N)CC(=O)NCC1CCCCC1O. The maximum atomic E-state index is 11.5. The quantitative estimate of drug-likeness (QED) is 0.651. The van der Waals surface area contributed by atoms with Gasteiger partial charge in [0.1, 0.15) is 0 Å².